The Kier molecular flexibility index (Phi) is 5.67. The van der Waals surface area contributed by atoms with Gasteiger partial charge in [-0.05, 0) is 19.1 Å². The Bertz CT molecular complexity index is 657. The van der Waals surface area contributed by atoms with E-state index in [0.717, 1.165) is 11.9 Å². The number of para-hydroxylation sites is 1. The highest BCUT2D eigenvalue weighted by Gasteiger charge is 2.10. The molecule has 0 aliphatic heterocycles. The number of hydrogen-bond donors (Lipinski definition) is 1. The van der Waals surface area contributed by atoms with E-state index in [1.54, 1.807) is 0 Å². The van der Waals surface area contributed by atoms with Gasteiger partial charge in [0.15, 0.2) is 0 Å². The summed E-state index contributed by atoms with van der Waals surface area (Å²) in [4.78, 5) is 21.8. The Morgan fingerprint density at radius 3 is 2.83 bits per heavy atom. The van der Waals surface area contributed by atoms with E-state index in [9.17, 15) is 14.9 Å². The van der Waals surface area contributed by atoms with Gasteiger partial charge in [0.25, 0.3) is 0 Å². The van der Waals surface area contributed by atoms with Crippen molar-refractivity contribution in [2.24, 2.45) is 0 Å². The molecule has 0 unspecified atom stereocenters. The molecule has 0 spiro atoms. The fraction of sp³-hybridized carbons (Fsp3) is 0.333. The van der Waals surface area contributed by atoms with Crippen molar-refractivity contribution in [3.05, 3.63) is 52.8 Å². The van der Waals surface area contributed by atoms with Gasteiger partial charge in [-0.3, -0.25) is 19.6 Å². The molecule has 1 atom stereocenters. The number of hydrogen-bond acceptors (Lipinski definition) is 5. The Morgan fingerprint density at radius 2 is 2.17 bits per heavy atom. The fourth-order valence-electron chi connectivity index (χ4n) is 1.90. The Labute approximate surface area is 133 Å². The van der Waals surface area contributed by atoms with Gasteiger partial charge in [-0.15, -0.1) is 0 Å². The highest BCUT2D eigenvalue weighted by molar-refractivity contribution is 5.75. The first-order valence-corrected chi connectivity index (χ1v) is 7.20. The molecule has 122 valence electrons. The zero-order valence-corrected chi connectivity index (χ0v) is 12.7. The number of carbonyl (C=O) groups is 1. The van der Waals surface area contributed by atoms with Crippen LogP contribution in [-0.4, -0.2) is 33.3 Å². The van der Waals surface area contributed by atoms with Gasteiger partial charge in [-0.2, -0.15) is 5.10 Å². The SMILES string of the molecule is C[C@@H](CNC(=O)CCn1cc([N+](=O)[O-])cn1)Oc1ccccc1. The molecule has 8 heteroatoms. The van der Waals surface area contributed by atoms with Crippen molar-refractivity contribution in [3.63, 3.8) is 0 Å². The second-order valence-corrected chi connectivity index (χ2v) is 5.01. The molecule has 0 fully saturated rings. The number of carbonyl (C=O) groups excluding carboxylic acids is 1. The minimum atomic E-state index is -0.522. The summed E-state index contributed by atoms with van der Waals surface area (Å²) in [6.45, 7) is 2.53. The largest absolute Gasteiger partial charge is 0.489 e. The first-order chi connectivity index (χ1) is 11.0. The lowest BCUT2D eigenvalue weighted by Crippen LogP contribution is -2.34. The predicted molar refractivity (Wildman–Crippen MR) is 83.0 cm³/mol. The summed E-state index contributed by atoms with van der Waals surface area (Å²) in [6, 6.07) is 9.36. The van der Waals surface area contributed by atoms with E-state index in [1.165, 1.54) is 10.9 Å². The summed E-state index contributed by atoms with van der Waals surface area (Å²) in [6.07, 6.45) is 2.49. The average molecular weight is 318 g/mol. The number of nitrogens with zero attached hydrogens (tertiary/aromatic N) is 3. The zero-order chi connectivity index (χ0) is 16.7. The van der Waals surface area contributed by atoms with Crippen LogP contribution in [0.5, 0.6) is 5.75 Å². The van der Waals surface area contributed by atoms with E-state index in [-0.39, 0.29) is 30.7 Å². The first kappa shape index (κ1) is 16.5. The first-order valence-electron chi connectivity index (χ1n) is 7.20. The van der Waals surface area contributed by atoms with Crippen molar-refractivity contribution < 1.29 is 14.5 Å². The molecule has 0 radical (unpaired) electrons. The third-order valence-electron chi connectivity index (χ3n) is 3.07. The van der Waals surface area contributed by atoms with Crippen LogP contribution in [0.4, 0.5) is 5.69 Å². The maximum absolute atomic E-state index is 11.8. The zero-order valence-electron chi connectivity index (χ0n) is 12.7. The molecule has 2 aromatic rings. The van der Waals surface area contributed by atoms with Gasteiger partial charge < -0.3 is 10.1 Å². The lowest BCUT2D eigenvalue weighted by Gasteiger charge is -2.15. The molecule has 0 saturated heterocycles. The minimum absolute atomic E-state index is 0.0877. The quantitative estimate of drug-likeness (QED) is 0.590. The van der Waals surface area contributed by atoms with Crippen molar-refractivity contribution in [2.45, 2.75) is 26.0 Å². The molecular formula is C15H18N4O4. The van der Waals surface area contributed by atoms with Gasteiger partial charge in [0.05, 0.1) is 11.5 Å². The third kappa shape index (κ3) is 5.42. The maximum atomic E-state index is 11.8. The molecule has 2 rings (SSSR count). The summed E-state index contributed by atoms with van der Waals surface area (Å²) in [5, 5.41) is 17.1. The molecule has 23 heavy (non-hydrogen) atoms. The van der Waals surface area contributed by atoms with Crippen molar-refractivity contribution in [1.82, 2.24) is 15.1 Å². The monoisotopic (exact) mass is 318 g/mol. The van der Waals surface area contributed by atoms with Crippen LogP contribution >= 0.6 is 0 Å². The fourth-order valence-corrected chi connectivity index (χ4v) is 1.90. The average Bonchev–Trinajstić information content (AvgIpc) is 3.01. The predicted octanol–water partition coefficient (Wildman–Crippen LogP) is 1.77. The summed E-state index contributed by atoms with van der Waals surface area (Å²) < 4.78 is 7.03. The van der Waals surface area contributed by atoms with Gasteiger partial charge >= 0.3 is 5.69 Å². The summed E-state index contributed by atoms with van der Waals surface area (Å²) in [5.41, 5.74) is -0.0877. The number of benzene rings is 1. The van der Waals surface area contributed by atoms with E-state index in [2.05, 4.69) is 10.4 Å². The summed E-state index contributed by atoms with van der Waals surface area (Å²) >= 11 is 0. The van der Waals surface area contributed by atoms with Crippen LogP contribution in [-0.2, 0) is 11.3 Å². The standard InChI is InChI=1S/C15H18N4O4/c1-12(23-14-5-3-2-4-6-14)9-16-15(20)7-8-18-11-13(10-17-18)19(21)22/h2-6,10-12H,7-9H2,1H3,(H,16,20)/t12-/m0/s1. The molecule has 1 aromatic carbocycles. The van der Waals surface area contributed by atoms with Gasteiger partial charge in [-0.25, -0.2) is 0 Å². The van der Waals surface area contributed by atoms with Crippen LogP contribution in [0.2, 0.25) is 0 Å². The van der Waals surface area contributed by atoms with E-state index in [0.29, 0.717) is 6.54 Å². The second-order valence-electron chi connectivity index (χ2n) is 5.01. The number of nitrogens with one attached hydrogen (secondary N) is 1. The molecule has 0 aliphatic carbocycles. The van der Waals surface area contributed by atoms with Crippen LogP contribution in [0, 0.1) is 10.1 Å². The van der Waals surface area contributed by atoms with Gasteiger partial charge in [0.2, 0.25) is 5.91 Å². The van der Waals surface area contributed by atoms with Crippen LogP contribution in [0.25, 0.3) is 0 Å². The van der Waals surface area contributed by atoms with Crippen LogP contribution in [0.3, 0.4) is 0 Å². The number of ether oxygens (including phenoxy) is 1. The highest BCUT2D eigenvalue weighted by atomic mass is 16.6. The Hall–Kier alpha value is -2.90. The second kappa shape index (κ2) is 7.92. The highest BCUT2D eigenvalue weighted by Crippen LogP contribution is 2.10. The lowest BCUT2D eigenvalue weighted by atomic mass is 10.3. The number of rotatable bonds is 8. The van der Waals surface area contributed by atoms with E-state index < -0.39 is 4.92 Å². The molecule has 0 aliphatic rings. The molecule has 8 nitrogen and oxygen atoms in total. The topological polar surface area (TPSA) is 99.3 Å². The van der Waals surface area contributed by atoms with Crippen LogP contribution in [0.15, 0.2) is 42.7 Å². The normalized spacial score (nSPS) is 11.7. The van der Waals surface area contributed by atoms with E-state index in [1.807, 2.05) is 37.3 Å². The van der Waals surface area contributed by atoms with Gasteiger partial charge in [-0.1, -0.05) is 18.2 Å². The minimum Gasteiger partial charge on any atom is -0.489 e. The molecule has 1 aromatic heterocycles. The Morgan fingerprint density at radius 1 is 1.43 bits per heavy atom. The van der Waals surface area contributed by atoms with Crippen molar-refractivity contribution in [1.29, 1.82) is 0 Å². The third-order valence-corrected chi connectivity index (χ3v) is 3.07. The number of aryl methyl sites for hydroxylation is 1. The molecule has 0 saturated carbocycles. The van der Waals surface area contributed by atoms with E-state index >= 15 is 0 Å². The summed E-state index contributed by atoms with van der Waals surface area (Å²) in [5.74, 6) is 0.588. The van der Waals surface area contributed by atoms with Crippen LogP contribution < -0.4 is 10.1 Å². The summed E-state index contributed by atoms with van der Waals surface area (Å²) in [7, 11) is 0. The van der Waals surface area contributed by atoms with Crippen molar-refractivity contribution in [2.75, 3.05) is 6.54 Å². The number of nitro groups is 1. The molecule has 1 N–H and O–H groups in total. The van der Waals surface area contributed by atoms with Crippen molar-refractivity contribution >= 4 is 11.6 Å². The Balaban J connectivity index is 1.69. The molecule has 0 bridgehead atoms. The number of amides is 1. The van der Waals surface area contributed by atoms with Crippen LogP contribution in [0.1, 0.15) is 13.3 Å². The lowest BCUT2D eigenvalue weighted by molar-refractivity contribution is -0.385. The molecular weight excluding hydrogens is 300 g/mol. The van der Waals surface area contributed by atoms with E-state index in [4.69, 9.17) is 4.74 Å². The van der Waals surface area contributed by atoms with Gasteiger partial charge in [0.1, 0.15) is 24.2 Å². The molecule has 1 amide bonds. The maximum Gasteiger partial charge on any atom is 0.306 e. The number of aromatic nitrogens is 2. The van der Waals surface area contributed by atoms with Gasteiger partial charge in [0, 0.05) is 13.0 Å². The smallest absolute Gasteiger partial charge is 0.306 e. The molecule has 1 heterocycles. The van der Waals surface area contributed by atoms with Crippen molar-refractivity contribution in [3.8, 4) is 5.75 Å².